The molecule has 158 valence electrons. The number of benzene rings is 2. The van der Waals surface area contributed by atoms with E-state index in [1.807, 2.05) is 50.2 Å². The molecule has 2 aliphatic carbocycles. The Kier molecular flexibility index (Phi) is 5.80. The number of rotatable bonds is 7. The van der Waals surface area contributed by atoms with Gasteiger partial charge in [-0.05, 0) is 55.4 Å². The molecule has 1 amide bonds. The molecule has 4 rings (SSSR count). The van der Waals surface area contributed by atoms with Gasteiger partial charge >= 0.3 is 5.97 Å². The molecule has 0 atom stereocenters. The third-order valence-electron chi connectivity index (χ3n) is 6.08. The van der Waals surface area contributed by atoms with Crippen molar-refractivity contribution in [1.82, 2.24) is 5.32 Å². The van der Waals surface area contributed by atoms with Crippen LogP contribution in [0.15, 0.2) is 42.5 Å². The number of ether oxygens (including phenoxy) is 2. The summed E-state index contributed by atoms with van der Waals surface area (Å²) in [6.45, 7) is 4.24. The van der Waals surface area contributed by atoms with Crippen molar-refractivity contribution in [2.45, 2.75) is 64.0 Å². The van der Waals surface area contributed by atoms with Crippen molar-refractivity contribution in [3.63, 3.8) is 0 Å². The number of esters is 1. The van der Waals surface area contributed by atoms with Gasteiger partial charge in [0.05, 0.1) is 18.3 Å². The molecule has 2 aromatic rings. The zero-order chi connectivity index (χ0) is 21.1. The van der Waals surface area contributed by atoms with Gasteiger partial charge in [0.1, 0.15) is 11.3 Å². The number of nitrogens with one attached hydrogen (secondary N) is 1. The summed E-state index contributed by atoms with van der Waals surface area (Å²) >= 11 is 0. The lowest BCUT2D eigenvalue weighted by Gasteiger charge is -2.30. The van der Waals surface area contributed by atoms with Gasteiger partial charge in [-0.25, -0.2) is 4.79 Å². The van der Waals surface area contributed by atoms with Gasteiger partial charge in [0.15, 0.2) is 0 Å². The van der Waals surface area contributed by atoms with Crippen LogP contribution in [0.4, 0.5) is 0 Å². The lowest BCUT2D eigenvalue weighted by Crippen LogP contribution is -2.56. The van der Waals surface area contributed by atoms with Crippen molar-refractivity contribution in [3.8, 4) is 5.75 Å². The van der Waals surface area contributed by atoms with Crippen LogP contribution in [-0.4, -0.2) is 30.1 Å². The lowest BCUT2D eigenvalue weighted by molar-refractivity contribution is -0.151. The second-order valence-corrected chi connectivity index (χ2v) is 8.42. The van der Waals surface area contributed by atoms with Crippen LogP contribution in [0.2, 0.25) is 0 Å². The highest BCUT2D eigenvalue weighted by Crippen LogP contribution is 2.34. The predicted octanol–water partition coefficient (Wildman–Crippen LogP) is 4.15. The average molecular weight is 408 g/mol. The van der Waals surface area contributed by atoms with E-state index in [-0.39, 0.29) is 18.0 Å². The van der Waals surface area contributed by atoms with Gasteiger partial charge in [-0.2, -0.15) is 0 Å². The van der Waals surface area contributed by atoms with E-state index in [9.17, 15) is 9.59 Å². The molecule has 0 aromatic heterocycles. The topological polar surface area (TPSA) is 64.6 Å². The molecule has 1 saturated carbocycles. The molecule has 0 bridgehead atoms. The number of aryl methyl sites for hydroxylation is 1. The van der Waals surface area contributed by atoms with E-state index in [0.29, 0.717) is 30.8 Å². The molecule has 30 heavy (non-hydrogen) atoms. The second kappa shape index (κ2) is 8.50. The van der Waals surface area contributed by atoms with E-state index in [1.54, 1.807) is 6.07 Å². The number of hydrogen-bond donors (Lipinski definition) is 1. The van der Waals surface area contributed by atoms with Crippen LogP contribution in [0.25, 0.3) is 0 Å². The molecule has 1 N–H and O–H groups in total. The molecule has 5 heteroatoms. The number of carbonyl (C=O) groups excluding carboxylic acids is 2. The Hall–Kier alpha value is -2.82. The van der Waals surface area contributed by atoms with Crippen LogP contribution in [0.5, 0.6) is 5.75 Å². The average Bonchev–Trinajstić information content (AvgIpc) is 3.08. The maximum Gasteiger partial charge on any atom is 0.332 e. The fourth-order valence-electron chi connectivity index (χ4n) is 4.16. The number of fused-ring (bicyclic) bond motifs is 1. The predicted molar refractivity (Wildman–Crippen MR) is 115 cm³/mol. The summed E-state index contributed by atoms with van der Waals surface area (Å²) in [7, 11) is 0. The summed E-state index contributed by atoms with van der Waals surface area (Å²) in [6, 6.07) is 13.5. The van der Waals surface area contributed by atoms with E-state index in [1.165, 1.54) is 0 Å². The van der Waals surface area contributed by atoms with Crippen LogP contribution in [0, 0.1) is 6.92 Å². The van der Waals surface area contributed by atoms with Crippen LogP contribution in [-0.2, 0) is 22.4 Å². The molecule has 0 saturated heterocycles. The maximum absolute atomic E-state index is 13.4. The van der Waals surface area contributed by atoms with Crippen molar-refractivity contribution in [3.05, 3.63) is 64.7 Å². The SMILES string of the molecule is CCCOC(=O)C1(NC(=O)c2cccc(C)c2OC2CCC2)Cc2ccccc2C1. The molecule has 0 aliphatic heterocycles. The Bertz CT molecular complexity index is 923. The largest absolute Gasteiger partial charge is 0.489 e. The molecular weight excluding hydrogens is 378 g/mol. The van der Waals surface area contributed by atoms with E-state index in [2.05, 4.69) is 5.32 Å². The Labute approximate surface area is 177 Å². The Balaban J connectivity index is 1.62. The van der Waals surface area contributed by atoms with Gasteiger partial charge in [0.25, 0.3) is 5.91 Å². The van der Waals surface area contributed by atoms with Gasteiger partial charge in [-0.3, -0.25) is 4.79 Å². The third-order valence-corrected chi connectivity index (χ3v) is 6.08. The standard InChI is InChI=1S/C25H29NO4/c1-3-14-29-24(28)25(15-18-9-4-5-10-19(18)16-25)26-23(27)21-13-6-8-17(2)22(21)30-20-11-7-12-20/h4-6,8-10,13,20H,3,7,11-12,14-16H2,1-2H3,(H,26,27). The summed E-state index contributed by atoms with van der Waals surface area (Å²) in [4.78, 5) is 26.5. The van der Waals surface area contributed by atoms with Crippen LogP contribution >= 0.6 is 0 Å². The number of para-hydroxylation sites is 1. The lowest BCUT2D eigenvalue weighted by atomic mass is 9.94. The number of hydrogen-bond acceptors (Lipinski definition) is 4. The number of carbonyl (C=O) groups is 2. The van der Waals surface area contributed by atoms with E-state index in [0.717, 1.165) is 42.4 Å². The van der Waals surface area contributed by atoms with Crippen molar-refractivity contribution < 1.29 is 19.1 Å². The molecule has 0 spiro atoms. The first-order chi connectivity index (χ1) is 14.5. The highest BCUT2D eigenvalue weighted by molar-refractivity contribution is 6.01. The highest BCUT2D eigenvalue weighted by atomic mass is 16.5. The number of amides is 1. The summed E-state index contributed by atoms with van der Waals surface area (Å²) in [5.41, 5.74) is 2.45. The quantitative estimate of drug-likeness (QED) is 0.701. The Morgan fingerprint density at radius 2 is 1.77 bits per heavy atom. The van der Waals surface area contributed by atoms with Gasteiger partial charge in [-0.1, -0.05) is 43.3 Å². The minimum atomic E-state index is -1.09. The first-order valence-corrected chi connectivity index (χ1v) is 10.9. The first-order valence-electron chi connectivity index (χ1n) is 10.9. The maximum atomic E-state index is 13.4. The Morgan fingerprint density at radius 3 is 2.37 bits per heavy atom. The monoisotopic (exact) mass is 407 g/mol. The fourth-order valence-corrected chi connectivity index (χ4v) is 4.16. The van der Waals surface area contributed by atoms with Crippen molar-refractivity contribution >= 4 is 11.9 Å². The summed E-state index contributed by atoms with van der Waals surface area (Å²) in [6.07, 6.45) is 4.94. The summed E-state index contributed by atoms with van der Waals surface area (Å²) < 4.78 is 11.6. The summed E-state index contributed by atoms with van der Waals surface area (Å²) in [5, 5.41) is 3.05. The van der Waals surface area contributed by atoms with Gasteiger partial charge in [0, 0.05) is 12.8 Å². The smallest absolute Gasteiger partial charge is 0.332 e. The van der Waals surface area contributed by atoms with Crippen LogP contribution in [0.3, 0.4) is 0 Å². The van der Waals surface area contributed by atoms with Gasteiger partial charge in [-0.15, -0.1) is 0 Å². The molecule has 1 fully saturated rings. The second-order valence-electron chi connectivity index (χ2n) is 8.42. The minimum absolute atomic E-state index is 0.164. The molecule has 2 aromatic carbocycles. The molecule has 2 aliphatic rings. The fraction of sp³-hybridized carbons (Fsp3) is 0.440. The van der Waals surface area contributed by atoms with Crippen LogP contribution in [0.1, 0.15) is 59.7 Å². The molecule has 0 radical (unpaired) electrons. The third kappa shape index (κ3) is 3.93. The normalized spacial score (nSPS) is 17.0. The first kappa shape index (κ1) is 20.5. The van der Waals surface area contributed by atoms with E-state index >= 15 is 0 Å². The van der Waals surface area contributed by atoms with Gasteiger partial charge in [0.2, 0.25) is 0 Å². The Morgan fingerprint density at radius 1 is 1.07 bits per heavy atom. The van der Waals surface area contributed by atoms with Gasteiger partial charge < -0.3 is 14.8 Å². The van der Waals surface area contributed by atoms with Crippen molar-refractivity contribution in [2.75, 3.05) is 6.61 Å². The highest BCUT2D eigenvalue weighted by Gasteiger charge is 2.47. The van der Waals surface area contributed by atoms with E-state index < -0.39 is 5.54 Å². The molecule has 5 nitrogen and oxygen atoms in total. The van der Waals surface area contributed by atoms with E-state index in [4.69, 9.17) is 9.47 Å². The summed E-state index contributed by atoms with van der Waals surface area (Å²) in [5.74, 6) is -0.0513. The van der Waals surface area contributed by atoms with Crippen molar-refractivity contribution in [1.29, 1.82) is 0 Å². The molecule has 0 unspecified atom stereocenters. The zero-order valence-corrected chi connectivity index (χ0v) is 17.7. The minimum Gasteiger partial charge on any atom is -0.489 e. The molecule has 0 heterocycles. The van der Waals surface area contributed by atoms with Crippen LogP contribution < -0.4 is 10.1 Å². The van der Waals surface area contributed by atoms with Crippen molar-refractivity contribution in [2.24, 2.45) is 0 Å². The zero-order valence-electron chi connectivity index (χ0n) is 17.7. The molecular formula is C25H29NO4.